The molecule has 0 saturated carbocycles. The summed E-state index contributed by atoms with van der Waals surface area (Å²) in [5, 5.41) is 12.3. The Bertz CT molecular complexity index is 671. The summed E-state index contributed by atoms with van der Waals surface area (Å²) in [5.74, 6) is 0.00417. The maximum atomic E-state index is 12.8. The maximum absolute atomic E-state index is 12.8. The van der Waals surface area contributed by atoms with Crippen molar-refractivity contribution in [3.63, 3.8) is 0 Å². The highest BCUT2D eigenvalue weighted by Crippen LogP contribution is 2.20. The van der Waals surface area contributed by atoms with Gasteiger partial charge in [0.25, 0.3) is 5.91 Å². The third-order valence-electron chi connectivity index (χ3n) is 4.55. The molecule has 0 unspecified atom stereocenters. The quantitative estimate of drug-likeness (QED) is 0.818. The van der Waals surface area contributed by atoms with Crippen LogP contribution < -0.4 is 0 Å². The van der Waals surface area contributed by atoms with Gasteiger partial charge < -0.3 is 14.4 Å². The number of aliphatic hydroxyl groups is 1. The zero-order valence-electron chi connectivity index (χ0n) is 14.6. The van der Waals surface area contributed by atoms with Crippen LogP contribution in [0.1, 0.15) is 40.8 Å². The number of carbonyl (C=O) groups excluding carboxylic acids is 1. The molecule has 0 spiro atoms. The van der Waals surface area contributed by atoms with Gasteiger partial charge in [0.2, 0.25) is 0 Å². The number of nitrogens with zero attached hydrogens (tertiary/aromatic N) is 3. The van der Waals surface area contributed by atoms with Gasteiger partial charge in [-0.15, -0.1) is 11.3 Å². The van der Waals surface area contributed by atoms with Crippen LogP contribution in [0.2, 0.25) is 0 Å². The predicted molar refractivity (Wildman–Crippen MR) is 96.6 cm³/mol. The van der Waals surface area contributed by atoms with Gasteiger partial charge >= 0.3 is 0 Å². The second kappa shape index (κ2) is 8.60. The molecule has 1 aliphatic rings. The van der Waals surface area contributed by atoms with Gasteiger partial charge in [-0.3, -0.25) is 9.69 Å². The van der Waals surface area contributed by atoms with Crippen LogP contribution in [0.5, 0.6) is 0 Å². The molecule has 7 heteroatoms. The average Bonchev–Trinajstić information content (AvgIpc) is 3.28. The highest BCUT2D eigenvalue weighted by molar-refractivity contribution is 7.09. The van der Waals surface area contributed by atoms with Crippen molar-refractivity contribution in [3.8, 4) is 0 Å². The summed E-state index contributed by atoms with van der Waals surface area (Å²) in [4.78, 5) is 21.4. The number of rotatable bonds is 7. The zero-order valence-corrected chi connectivity index (χ0v) is 15.4. The number of aromatic nitrogens is 1. The summed E-state index contributed by atoms with van der Waals surface area (Å²) in [7, 11) is 0. The first-order chi connectivity index (χ1) is 12.2. The number of piperazine rings is 1. The normalized spacial score (nSPS) is 18.6. The van der Waals surface area contributed by atoms with Crippen LogP contribution in [0.4, 0.5) is 0 Å². The van der Waals surface area contributed by atoms with Crippen LogP contribution in [-0.2, 0) is 13.0 Å². The average molecular weight is 363 g/mol. The Morgan fingerprint density at radius 3 is 3.08 bits per heavy atom. The molecule has 1 atom stereocenters. The molecule has 6 nitrogen and oxygen atoms in total. The molecule has 1 N–H and O–H groups in total. The van der Waals surface area contributed by atoms with E-state index in [4.69, 9.17) is 4.42 Å². The van der Waals surface area contributed by atoms with E-state index in [0.29, 0.717) is 25.2 Å². The molecule has 1 saturated heterocycles. The van der Waals surface area contributed by atoms with Crippen molar-refractivity contribution in [3.05, 3.63) is 40.2 Å². The smallest absolute Gasteiger partial charge is 0.273 e. The molecule has 0 aliphatic carbocycles. The fraction of sp³-hybridized carbons (Fsp3) is 0.556. The number of amides is 1. The molecule has 3 heterocycles. The minimum absolute atomic E-state index is 0.00417. The van der Waals surface area contributed by atoms with Gasteiger partial charge in [-0.25, -0.2) is 4.98 Å². The van der Waals surface area contributed by atoms with Crippen molar-refractivity contribution in [2.45, 2.75) is 38.8 Å². The second-order valence-electron chi connectivity index (χ2n) is 6.40. The van der Waals surface area contributed by atoms with Crippen molar-refractivity contribution >= 4 is 17.2 Å². The molecule has 2 aromatic rings. The lowest BCUT2D eigenvalue weighted by atomic mass is 10.1. The molecular formula is C18H25N3O3S. The van der Waals surface area contributed by atoms with E-state index >= 15 is 0 Å². The lowest BCUT2D eigenvalue weighted by molar-refractivity contribution is 0.0391. The van der Waals surface area contributed by atoms with Gasteiger partial charge in [-0.05, 0) is 25.3 Å². The second-order valence-corrected chi connectivity index (χ2v) is 7.34. The van der Waals surface area contributed by atoms with E-state index in [-0.39, 0.29) is 18.6 Å². The Balaban J connectivity index is 1.64. The minimum atomic E-state index is 0.00417. The van der Waals surface area contributed by atoms with Gasteiger partial charge in [-0.1, -0.05) is 6.92 Å². The molecule has 0 radical (unpaired) electrons. The van der Waals surface area contributed by atoms with Gasteiger partial charge in [0, 0.05) is 49.8 Å². The summed E-state index contributed by atoms with van der Waals surface area (Å²) in [6.07, 6.45) is 6.03. The summed E-state index contributed by atoms with van der Waals surface area (Å²) >= 11 is 1.56. The molecule has 1 aliphatic heterocycles. The lowest BCUT2D eigenvalue weighted by Gasteiger charge is -2.41. The number of furan rings is 1. The third-order valence-corrected chi connectivity index (χ3v) is 5.46. The van der Waals surface area contributed by atoms with Crippen molar-refractivity contribution in [2.75, 3.05) is 26.2 Å². The van der Waals surface area contributed by atoms with E-state index in [0.717, 1.165) is 36.5 Å². The van der Waals surface area contributed by atoms with Crippen LogP contribution in [0.3, 0.4) is 0 Å². The van der Waals surface area contributed by atoms with Crippen LogP contribution >= 0.6 is 11.3 Å². The largest absolute Gasteiger partial charge is 0.472 e. The summed E-state index contributed by atoms with van der Waals surface area (Å²) in [6, 6.07) is 2.10. The van der Waals surface area contributed by atoms with Gasteiger partial charge in [0.05, 0.1) is 17.5 Å². The zero-order chi connectivity index (χ0) is 17.6. The van der Waals surface area contributed by atoms with E-state index in [2.05, 4.69) is 16.8 Å². The number of hydrogen-bond acceptors (Lipinski definition) is 6. The number of aliphatic hydroxyl groups excluding tert-OH is 1. The highest BCUT2D eigenvalue weighted by Gasteiger charge is 2.30. The molecule has 1 amide bonds. The Morgan fingerprint density at radius 1 is 1.48 bits per heavy atom. The summed E-state index contributed by atoms with van der Waals surface area (Å²) in [6.45, 7) is 5.10. The molecular weight excluding hydrogens is 338 g/mol. The topological polar surface area (TPSA) is 69.8 Å². The van der Waals surface area contributed by atoms with Crippen LogP contribution in [0, 0.1) is 0 Å². The maximum Gasteiger partial charge on any atom is 0.273 e. The first-order valence-electron chi connectivity index (χ1n) is 8.81. The van der Waals surface area contributed by atoms with E-state index in [9.17, 15) is 9.90 Å². The van der Waals surface area contributed by atoms with E-state index < -0.39 is 0 Å². The van der Waals surface area contributed by atoms with Crippen molar-refractivity contribution in [1.29, 1.82) is 0 Å². The van der Waals surface area contributed by atoms with Crippen molar-refractivity contribution in [2.24, 2.45) is 0 Å². The Kier molecular flexibility index (Phi) is 6.23. The van der Waals surface area contributed by atoms with Crippen LogP contribution in [0.15, 0.2) is 28.4 Å². The molecule has 136 valence electrons. The molecule has 0 bridgehead atoms. The number of hydrogen-bond donors (Lipinski definition) is 1. The fourth-order valence-electron chi connectivity index (χ4n) is 3.23. The molecule has 2 aromatic heterocycles. The van der Waals surface area contributed by atoms with E-state index in [1.807, 2.05) is 16.3 Å². The third kappa shape index (κ3) is 4.48. The first kappa shape index (κ1) is 18.1. The van der Waals surface area contributed by atoms with Gasteiger partial charge in [0.1, 0.15) is 5.69 Å². The predicted octanol–water partition coefficient (Wildman–Crippen LogP) is 2.40. The number of aryl methyl sites for hydroxylation is 1. The fourth-order valence-corrected chi connectivity index (χ4v) is 4.10. The molecule has 0 aromatic carbocycles. The molecule has 25 heavy (non-hydrogen) atoms. The Hall–Kier alpha value is -1.70. The van der Waals surface area contributed by atoms with Gasteiger partial charge in [0.15, 0.2) is 0 Å². The highest BCUT2D eigenvalue weighted by atomic mass is 32.1. The standard InChI is InChI=1S/C18H25N3O3S/c1-2-3-17-19-16(13-25-17)18(23)21-7-6-20(15(11-21)4-8-22)10-14-5-9-24-12-14/h5,9,12-13,15,22H,2-4,6-8,10-11H2,1H3/t15-/m1/s1. The van der Waals surface area contributed by atoms with E-state index in [1.54, 1.807) is 23.9 Å². The van der Waals surface area contributed by atoms with Gasteiger partial charge in [-0.2, -0.15) is 0 Å². The monoisotopic (exact) mass is 363 g/mol. The lowest BCUT2D eigenvalue weighted by Crippen LogP contribution is -2.54. The Morgan fingerprint density at radius 2 is 2.36 bits per heavy atom. The van der Waals surface area contributed by atoms with Crippen LogP contribution in [0.25, 0.3) is 0 Å². The first-order valence-corrected chi connectivity index (χ1v) is 9.69. The Labute approximate surface area is 152 Å². The minimum Gasteiger partial charge on any atom is -0.472 e. The number of carbonyl (C=O) groups is 1. The van der Waals surface area contributed by atoms with Crippen molar-refractivity contribution < 1.29 is 14.3 Å². The van der Waals surface area contributed by atoms with E-state index in [1.165, 1.54) is 0 Å². The molecule has 3 rings (SSSR count). The summed E-state index contributed by atoms with van der Waals surface area (Å²) < 4.78 is 5.14. The van der Waals surface area contributed by atoms with Crippen LogP contribution in [-0.4, -0.2) is 58.1 Å². The molecule has 1 fully saturated rings. The SMILES string of the molecule is CCCc1nc(C(=O)N2CCN(Cc3ccoc3)[C@H](CCO)C2)cs1. The summed E-state index contributed by atoms with van der Waals surface area (Å²) in [5.41, 5.74) is 1.67. The van der Waals surface area contributed by atoms with Crippen molar-refractivity contribution in [1.82, 2.24) is 14.8 Å². The number of thiazole rings is 1.